The summed E-state index contributed by atoms with van der Waals surface area (Å²) in [4.78, 5) is 32.8. The number of imide groups is 1. The minimum Gasteiger partial charge on any atom is -0.497 e. The first-order valence-electron chi connectivity index (χ1n) is 8.85. The number of carbonyl (C=O) groups excluding carboxylic acids is 2. The van der Waals surface area contributed by atoms with Gasteiger partial charge in [-0.2, -0.15) is 0 Å². The summed E-state index contributed by atoms with van der Waals surface area (Å²) >= 11 is 3.44. The number of pyridine rings is 1. The highest BCUT2D eigenvalue weighted by Crippen LogP contribution is 2.26. The summed E-state index contributed by atoms with van der Waals surface area (Å²) in [7, 11) is 1.60. The zero-order chi connectivity index (χ0) is 19.7. The van der Waals surface area contributed by atoms with E-state index in [9.17, 15) is 9.59 Å². The maximum Gasteiger partial charge on any atom is 0.331 e. The van der Waals surface area contributed by atoms with Gasteiger partial charge in [0, 0.05) is 22.8 Å². The molecule has 0 saturated carbocycles. The van der Waals surface area contributed by atoms with E-state index in [0.717, 1.165) is 26.7 Å². The summed E-state index contributed by atoms with van der Waals surface area (Å²) in [6.07, 6.45) is 1.95. The molecule has 3 aromatic rings. The minimum absolute atomic E-state index is 0.172. The predicted octanol–water partition coefficient (Wildman–Crippen LogP) is 4.36. The topological polar surface area (TPSA) is 62.7 Å². The highest BCUT2D eigenvalue weighted by molar-refractivity contribution is 9.10. The largest absolute Gasteiger partial charge is 0.497 e. The van der Waals surface area contributed by atoms with Crippen LogP contribution in [0.3, 0.4) is 0 Å². The van der Waals surface area contributed by atoms with Gasteiger partial charge in [0.2, 0.25) is 5.91 Å². The number of anilines is 1. The number of carbonyl (C=O) groups is 2. The van der Waals surface area contributed by atoms with Crippen molar-refractivity contribution >= 4 is 44.5 Å². The highest BCUT2D eigenvalue weighted by atomic mass is 79.9. The zero-order valence-electron chi connectivity index (χ0n) is 15.3. The molecule has 2 heterocycles. The van der Waals surface area contributed by atoms with Crippen LogP contribution in [0.1, 0.15) is 12.0 Å². The Labute approximate surface area is 170 Å². The van der Waals surface area contributed by atoms with Crippen LogP contribution in [0.15, 0.2) is 59.2 Å². The smallest absolute Gasteiger partial charge is 0.331 e. The quantitative estimate of drug-likeness (QED) is 0.605. The van der Waals surface area contributed by atoms with E-state index in [-0.39, 0.29) is 24.9 Å². The summed E-state index contributed by atoms with van der Waals surface area (Å²) in [6, 6.07) is 14.8. The molecule has 0 spiro atoms. The van der Waals surface area contributed by atoms with Crippen molar-refractivity contribution in [1.29, 1.82) is 0 Å². The van der Waals surface area contributed by atoms with E-state index in [1.807, 2.05) is 48.5 Å². The molecule has 0 unspecified atom stereocenters. The van der Waals surface area contributed by atoms with E-state index in [2.05, 4.69) is 20.9 Å². The van der Waals surface area contributed by atoms with Gasteiger partial charge in [0.15, 0.2) is 0 Å². The fraction of sp³-hybridized carbons (Fsp3) is 0.190. The fourth-order valence-corrected chi connectivity index (χ4v) is 3.58. The molecule has 0 radical (unpaired) electrons. The number of nitrogens with zero attached hydrogens (tertiary/aromatic N) is 3. The molecule has 0 bridgehead atoms. The van der Waals surface area contributed by atoms with Crippen LogP contribution in [0.5, 0.6) is 5.75 Å². The summed E-state index contributed by atoms with van der Waals surface area (Å²) in [5.41, 5.74) is 2.40. The van der Waals surface area contributed by atoms with Crippen LogP contribution in [-0.2, 0) is 11.3 Å². The number of amides is 3. The van der Waals surface area contributed by atoms with Crippen LogP contribution in [0, 0.1) is 0 Å². The Balaban J connectivity index is 1.59. The zero-order valence-corrected chi connectivity index (χ0v) is 16.8. The van der Waals surface area contributed by atoms with E-state index in [1.54, 1.807) is 18.2 Å². The van der Waals surface area contributed by atoms with Gasteiger partial charge < -0.3 is 4.74 Å². The maximum atomic E-state index is 13.0. The average Bonchev–Trinajstić information content (AvgIpc) is 2.71. The summed E-state index contributed by atoms with van der Waals surface area (Å²) < 4.78 is 6.10. The molecule has 0 atom stereocenters. The summed E-state index contributed by atoms with van der Waals surface area (Å²) in [5.74, 6) is 0.560. The molecule has 4 rings (SSSR count). The first kappa shape index (κ1) is 18.4. The van der Waals surface area contributed by atoms with E-state index in [0.29, 0.717) is 12.2 Å². The third-order valence-corrected chi connectivity index (χ3v) is 5.25. The number of hydrogen-bond acceptors (Lipinski definition) is 4. The van der Waals surface area contributed by atoms with Crippen LogP contribution in [0.4, 0.5) is 10.5 Å². The first-order chi connectivity index (χ1) is 13.5. The molecule has 7 heteroatoms. The van der Waals surface area contributed by atoms with E-state index < -0.39 is 0 Å². The molecule has 1 aliphatic rings. The van der Waals surface area contributed by atoms with Crippen molar-refractivity contribution in [3.63, 3.8) is 0 Å². The molecular weight excluding hydrogens is 422 g/mol. The third kappa shape index (κ3) is 3.57. The lowest BCUT2D eigenvalue weighted by Crippen LogP contribution is -2.52. The summed E-state index contributed by atoms with van der Waals surface area (Å²) in [6.45, 7) is 0.576. The SMILES string of the molecule is COc1ccc(CN2C(=O)CCN(c3cnc4cc(Br)ccc4c3)C2=O)cc1. The summed E-state index contributed by atoms with van der Waals surface area (Å²) in [5, 5.41) is 0.937. The van der Waals surface area contributed by atoms with Crippen molar-refractivity contribution in [2.75, 3.05) is 18.6 Å². The third-order valence-electron chi connectivity index (χ3n) is 4.76. The Hall–Kier alpha value is -2.93. The number of methoxy groups -OCH3 is 1. The number of benzene rings is 2. The molecule has 0 aliphatic carbocycles. The molecule has 0 N–H and O–H groups in total. The molecule has 1 saturated heterocycles. The molecule has 28 heavy (non-hydrogen) atoms. The molecule has 1 aromatic heterocycles. The van der Waals surface area contributed by atoms with Crippen molar-refractivity contribution < 1.29 is 14.3 Å². The Bertz CT molecular complexity index is 1050. The minimum atomic E-state index is -0.328. The molecule has 142 valence electrons. The molecule has 6 nitrogen and oxygen atoms in total. The number of rotatable bonds is 4. The maximum absolute atomic E-state index is 13.0. The molecular formula is C21H18BrN3O3. The standard InChI is InChI=1S/C21H18BrN3O3/c1-28-18-6-2-14(3-7-18)13-25-20(26)8-9-24(21(25)27)17-10-15-4-5-16(22)11-19(15)23-12-17/h2-7,10-12H,8-9,13H2,1H3. The average molecular weight is 440 g/mol. The van der Waals surface area contributed by atoms with Gasteiger partial charge in [-0.3, -0.25) is 19.6 Å². The molecule has 1 aliphatic heterocycles. The number of aromatic nitrogens is 1. The van der Waals surface area contributed by atoms with Crippen molar-refractivity contribution in [1.82, 2.24) is 9.88 Å². The number of urea groups is 1. The van der Waals surface area contributed by atoms with Gasteiger partial charge in [-0.1, -0.05) is 34.1 Å². The van der Waals surface area contributed by atoms with Crippen molar-refractivity contribution in [2.45, 2.75) is 13.0 Å². The highest BCUT2D eigenvalue weighted by Gasteiger charge is 2.33. The van der Waals surface area contributed by atoms with Crippen molar-refractivity contribution in [3.8, 4) is 5.75 Å². The monoisotopic (exact) mass is 439 g/mol. The van der Waals surface area contributed by atoms with Gasteiger partial charge in [-0.15, -0.1) is 0 Å². The molecule has 3 amide bonds. The number of fused-ring (bicyclic) bond motifs is 1. The lowest BCUT2D eigenvalue weighted by atomic mass is 10.1. The van der Waals surface area contributed by atoms with Crippen LogP contribution in [0.25, 0.3) is 10.9 Å². The van der Waals surface area contributed by atoms with Gasteiger partial charge in [0.1, 0.15) is 5.75 Å². The predicted molar refractivity (Wildman–Crippen MR) is 110 cm³/mol. The van der Waals surface area contributed by atoms with Gasteiger partial charge in [-0.25, -0.2) is 4.79 Å². The van der Waals surface area contributed by atoms with Crippen molar-refractivity contribution in [3.05, 3.63) is 64.8 Å². The van der Waals surface area contributed by atoms with Crippen LogP contribution < -0.4 is 9.64 Å². The number of halogens is 1. The van der Waals surface area contributed by atoms with Gasteiger partial charge in [0.25, 0.3) is 0 Å². The van der Waals surface area contributed by atoms with Crippen molar-refractivity contribution in [2.24, 2.45) is 0 Å². The Morgan fingerprint density at radius 2 is 1.89 bits per heavy atom. The van der Waals surface area contributed by atoms with Gasteiger partial charge in [-0.05, 0) is 35.9 Å². The molecule has 2 aromatic carbocycles. The number of hydrogen-bond donors (Lipinski definition) is 0. The van der Waals surface area contributed by atoms with E-state index in [4.69, 9.17) is 4.74 Å². The van der Waals surface area contributed by atoms with Gasteiger partial charge in [0.05, 0.1) is 31.1 Å². The Morgan fingerprint density at radius 1 is 1.11 bits per heavy atom. The second-order valence-corrected chi connectivity index (χ2v) is 7.46. The second-order valence-electron chi connectivity index (χ2n) is 6.54. The lowest BCUT2D eigenvalue weighted by molar-refractivity contribution is -0.129. The second kappa shape index (κ2) is 7.59. The fourth-order valence-electron chi connectivity index (χ4n) is 3.23. The Kier molecular flexibility index (Phi) is 5.00. The van der Waals surface area contributed by atoms with Gasteiger partial charge >= 0.3 is 6.03 Å². The Morgan fingerprint density at radius 3 is 2.64 bits per heavy atom. The van der Waals surface area contributed by atoms with Crippen LogP contribution in [-0.4, -0.2) is 35.5 Å². The van der Waals surface area contributed by atoms with Crippen LogP contribution >= 0.6 is 15.9 Å². The van der Waals surface area contributed by atoms with Crippen LogP contribution in [0.2, 0.25) is 0 Å². The molecule has 1 fully saturated rings. The normalized spacial score (nSPS) is 14.6. The first-order valence-corrected chi connectivity index (χ1v) is 9.64. The van der Waals surface area contributed by atoms with E-state index in [1.165, 1.54) is 4.90 Å². The van der Waals surface area contributed by atoms with E-state index >= 15 is 0 Å². The lowest BCUT2D eigenvalue weighted by Gasteiger charge is -2.34. The number of ether oxygens (including phenoxy) is 1.